The number of carbonyl (C=O) groups excluding carboxylic acids is 1. The van der Waals surface area contributed by atoms with Gasteiger partial charge in [-0.15, -0.1) is 0 Å². The van der Waals surface area contributed by atoms with Crippen molar-refractivity contribution in [1.82, 2.24) is 5.32 Å². The fraction of sp³-hybridized carbons (Fsp3) is 0.600. The van der Waals surface area contributed by atoms with Gasteiger partial charge in [0.25, 0.3) is 0 Å². The summed E-state index contributed by atoms with van der Waals surface area (Å²) >= 11 is 3.10. The fourth-order valence-corrected chi connectivity index (χ4v) is 1.24. The molecule has 0 aromatic heterocycles. The van der Waals surface area contributed by atoms with Gasteiger partial charge in [0.2, 0.25) is 5.91 Å². The maximum atomic E-state index is 10.9. The highest BCUT2D eigenvalue weighted by molar-refractivity contribution is 7.81. The molecule has 0 saturated carbocycles. The first-order valence-electron chi connectivity index (χ1n) is 3.45. The van der Waals surface area contributed by atoms with Gasteiger partial charge in [-0.05, 0) is 19.8 Å². The molecule has 2 atom stereocenters. The lowest BCUT2D eigenvalue weighted by Gasteiger charge is -2.10. The van der Waals surface area contributed by atoms with Crippen molar-refractivity contribution in [1.29, 1.82) is 0 Å². The number of hydrogen-bond acceptors (Lipinski definition) is 5. The zero-order valence-corrected chi connectivity index (χ0v) is 9.00. The van der Waals surface area contributed by atoms with Gasteiger partial charge in [-0.1, -0.05) is 0 Å². The molecule has 0 saturated heterocycles. The number of nitrogens with one attached hydrogen (secondary N) is 1. The number of thiol groups is 1. The summed E-state index contributed by atoms with van der Waals surface area (Å²) in [6.07, 6.45) is -0.825. The molecule has 0 aromatic rings. The Bertz CT molecular complexity index is 281. The van der Waals surface area contributed by atoms with Crippen LogP contribution in [-0.2, 0) is 18.1 Å². The number of aliphatic carboxylic acids is 1. The van der Waals surface area contributed by atoms with Gasteiger partial charge >= 0.3 is 13.6 Å². The number of hydrogen-bond donors (Lipinski definition) is 4. The lowest BCUT2D eigenvalue weighted by molar-refractivity contribution is -0.140. The van der Waals surface area contributed by atoms with Gasteiger partial charge < -0.3 is 15.3 Å². The number of amides is 1. The molecule has 7 nitrogen and oxygen atoms in total. The monoisotopic (exact) mass is 243 g/mol. The van der Waals surface area contributed by atoms with Gasteiger partial charge in [0, 0.05) is 0 Å². The number of rotatable bonds is 5. The third-order valence-corrected chi connectivity index (χ3v) is 2.93. The smallest absolute Gasteiger partial charge is 0.348 e. The van der Waals surface area contributed by atoms with Crippen molar-refractivity contribution >= 4 is 32.4 Å². The van der Waals surface area contributed by atoms with E-state index < -0.39 is 31.7 Å². The Morgan fingerprint density at radius 3 is 2.50 bits per heavy atom. The van der Waals surface area contributed by atoms with Gasteiger partial charge in [-0.3, -0.25) is 14.2 Å². The van der Waals surface area contributed by atoms with Crippen LogP contribution in [0, 0.1) is 0 Å². The minimum absolute atomic E-state index is 0.825. The summed E-state index contributed by atoms with van der Waals surface area (Å²) in [7, 11) is -4.06. The Morgan fingerprint density at radius 2 is 2.14 bits per heavy atom. The van der Waals surface area contributed by atoms with Crippen molar-refractivity contribution < 1.29 is 28.1 Å². The van der Waals surface area contributed by atoms with Crippen molar-refractivity contribution in [3.05, 3.63) is 0 Å². The topological polar surface area (TPSA) is 113 Å². The Morgan fingerprint density at radius 1 is 1.64 bits per heavy atom. The normalized spacial score (nSPS) is 16.8. The van der Waals surface area contributed by atoms with Gasteiger partial charge in [0.05, 0.1) is 0 Å². The molecule has 0 aliphatic heterocycles. The quantitative estimate of drug-likeness (QED) is 0.297. The Kier molecular flexibility index (Phi) is 5.14. The Labute approximate surface area is 85.6 Å². The number of carboxylic acid groups (broad SMARTS) is 1. The van der Waals surface area contributed by atoms with Gasteiger partial charge in [-0.25, -0.2) is 3.97 Å². The highest BCUT2D eigenvalue weighted by atomic mass is 32.1. The van der Waals surface area contributed by atoms with E-state index in [9.17, 15) is 14.2 Å². The van der Waals surface area contributed by atoms with E-state index in [1.54, 1.807) is 0 Å². The summed E-state index contributed by atoms with van der Waals surface area (Å²) in [5, 5.41) is 10.4. The van der Waals surface area contributed by atoms with Gasteiger partial charge in [0.15, 0.2) is 0 Å². The van der Waals surface area contributed by atoms with E-state index in [2.05, 4.69) is 16.9 Å². The van der Waals surface area contributed by atoms with E-state index in [-0.39, 0.29) is 0 Å². The Hall–Kier alpha value is -0.560. The molecule has 9 heteroatoms. The van der Waals surface area contributed by atoms with E-state index in [1.807, 2.05) is 5.32 Å². The summed E-state index contributed by atoms with van der Waals surface area (Å²) in [6.45, 7) is 1.23. The average molecular weight is 243 g/mol. The van der Waals surface area contributed by atoms with E-state index in [0.717, 1.165) is 0 Å². The third-order valence-electron chi connectivity index (χ3n) is 1.22. The highest BCUT2D eigenvalue weighted by Crippen LogP contribution is 2.42. The second kappa shape index (κ2) is 5.35. The summed E-state index contributed by atoms with van der Waals surface area (Å²) in [6, 6.07) is -1.12. The Balaban J connectivity index is 4.12. The minimum Gasteiger partial charge on any atom is -0.480 e. The zero-order valence-electron chi connectivity index (χ0n) is 7.21. The summed E-state index contributed by atoms with van der Waals surface area (Å²) in [4.78, 5) is 30.0. The van der Waals surface area contributed by atoms with Crippen LogP contribution in [0.2, 0.25) is 0 Å². The molecule has 1 unspecified atom stereocenters. The van der Waals surface area contributed by atoms with Crippen molar-refractivity contribution in [3.8, 4) is 0 Å². The standard InChI is InChI=1S/C5H10NO6PS/c1-3(5(8)9)6-4(7)2-13(10,11)12-14/h3,14H,2H2,1H3,(H,6,7)(H,8,9)(H,10,11)/t3-/m0/s1. The molecular formula is C5H10NO6PS. The van der Waals surface area contributed by atoms with Crippen molar-refractivity contribution in [2.45, 2.75) is 13.0 Å². The molecule has 0 aliphatic rings. The number of carboxylic acids is 1. The lowest BCUT2D eigenvalue weighted by Crippen LogP contribution is -2.39. The first-order chi connectivity index (χ1) is 6.28. The van der Waals surface area contributed by atoms with E-state index >= 15 is 0 Å². The second-order valence-electron chi connectivity index (χ2n) is 2.50. The molecule has 0 spiro atoms. The average Bonchev–Trinajstić information content (AvgIpc) is 2.02. The van der Waals surface area contributed by atoms with Crippen LogP contribution in [0.5, 0.6) is 0 Å². The van der Waals surface area contributed by atoms with Crippen LogP contribution in [0.4, 0.5) is 0 Å². The van der Waals surface area contributed by atoms with Crippen LogP contribution >= 0.6 is 20.5 Å². The maximum absolute atomic E-state index is 10.9. The van der Waals surface area contributed by atoms with Crippen LogP contribution in [0.15, 0.2) is 0 Å². The third kappa shape index (κ3) is 5.23. The molecule has 0 bridgehead atoms. The van der Waals surface area contributed by atoms with Crippen LogP contribution in [0.1, 0.15) is 6.92 Å². The molecule has 0 aromatic carbocycles. The molecule has 0 fully saturated rings. The summed E-state index contributed by atoms with van der Waals surface area (Å²) in [5.41, 5.74) is 0. The summed E-state index contributed by atoms with van der Waals surface area (Å²) < 4.78 is 14.6. The van der Waals surface area contributed by atoms with Crippen LogP contribution < -0.4 is 5.32 Å². The van der Waals surface area contributed by atoms with Gasteiger partial charge in [-0.2, -0.15) is 0 Å². The van der Waals surface area contributed by atoms with Crippen LogP contribution in [-0.4, -0.2) is 34.1 Å². The minimum atomic E-state index is -4.06. The van der Waals surface area contributed by atoms with Crippen molar-refractivity contribution in [2.75, 3.05) is 6.16 Å². The van der Waals surface area contributed by atoms with Crippen molar-refractivity contribution in [3.63, 3.8) is 0 Å². The first kappa shape index (κ1) is 13.4. The van der Waals surface area contributed by atoms with E-state index in [0.29, 0.717) is 0 Å². The van der Waals surface area contributed by atoms with Crippen LogP contribution in [0.3, 0.4) is 0 Å². The molecule has 0 rings (SSSR count). The predicted molar refractivity (Wildman–Crippen MR) is 50.0 cm³/mol. The molecule has 3 N–H and O–H groups in total. The van der Waals surface area contributed by atoms with Crippen LogP contribution in [0.25, 0.3) is 0 Å². The zero-order chi connectivity index (χ0) is 11.4. The fourth-order valence-electron chi connectivity index (χ4n) is 0.559. The molecule has 0 aliphatic carbocycles. The molecular weight excluding hydrogens is 233 g/mol. The lowest BCUT2D eigenvalue weighted by atomic mass is 10.3. The molecule has 1 amide bonds. The summed E-state index contributed by atoms with van der Waals surface area (Å²) in [5.74, 6) is -2.13. The molecule has 0 radical (unpaired) electrons. The van der Waals surface area contributed by atoms with E-state index in [4.69, 9.17) is 10.00 Å². The molecule has 82 valence electrons. The second-order valence-corrected chi connectivity index (χ2v) is 4.75. The predicted octanol–water partition coefficient (Wildman–Crippen LogP) is -0.377. The van der Waals surface area contributed by atoms with E-state index in [1.165, 1.54) is 6.92 Å². The van der Waals surface area contributed by atoms with Crippen molar-refractivity contribution in [2.24, 2.45) is 0 Å². The van der Waals surface area contributed by atoms with Gasteiger partial charge in [0.1, 0.15) is 12.2 Å². The largest absolute Gasteiger partial charge is 0.480 e. The molecule has 14 heavy (non-hydrogen) atoms. The maximum Gasteiger partial charge on any atom is 0.348 e. The SMILES string of the molecule is C[C@H](NC(=O)CP(=O)(O)OS)C(=O)O. The highest BCUT2D eigenvalue weighted by Gasteiger charge is 2.25. The first-order valence-corrected chi connectivity index (χ1v) is 5.58. The molecule has 0 heterocycles. The number of carbonyl (C=O) groups is 2.